The van der Waals surface area contributed by atoms with Crippen molar-refractivity contribution in [2.45, 2.75) is 116 Å². The van der Waals surface area contributed by atoms with Crippen LogP contribution in [0.5, 0.6) is 0 Å². The second-order valence-corrected chi connectivity index (χ2v) is 11.5. The quantitative estimate of drug-likeness (QED) is 0.102. The molecule has 0 aliphatic heterocycles. The van der Waals surface area contributed by atoms with E-state index in [1.807, 2.05) is 24.3 Å². The highest BCUT2D eigenvalue weighted by Crippen LogP contribution is 2.19. The number of carboxylic acids is 2. The topological polar surface area (TPSA) is 207 Å². The largest absolute Gasteiger partial charge is 0.481 e. The van der Waals surface area contributed by atoms with E-state index in [1.54, 1.807) is 20.0 Å². The number of benzene rings is 1. The van der Waals surface area contributed by atoms with Crippen molar-refractivity contribution in [2.24, 2.45) is 0 Å². The molecule has 4 amide bonds. The predicted octanol–water partition coefficient (Wildman–Crippen LogP) is 2.78. The third kappa shape index (κ3) is 13.4. The van der Waals surface area contributed by atoms with Crippen LogP contribution >= 0.6 is 0 Å². The smallest absolute Gasteiger partial charge is 0.305 e. The van der Waals surface area contributed by atoms with E-state index >= 15 is 0 Å². The van der Waals surface area contributed by atoms with Gasteiger partial charge in [0.1, 0.15) is 18.1 Å². The molecule has 0 spiro atoms. The standard InChI is InChI=1S/C32H47N5O8/c1-4-5-6-7-8-9-10-15-27(38)35-24(16-21-19-33-23-14-12-11-13-22(21)23)31(44)37-26(18-29(41)42)32(45)36-25(17-28(39)40)30(43)34-20(2)3/h11-14,19-20,24-26,33H,4-10,15-18H2,1-3H3,(H,34,43)(H,35,38)(H,36,45)(H,37,44)(H,39,40)(H,41,42). The van der Waals surface area contributed by atoms with Crippen molar-refractivity contribution in [1.82, 2.24) is 26.3 Å². The maximum atomic E-state index is 13.6. The number of rotatable bonds is 21. The summed E-state index contributed by atoms with van der Waals surface area (Å²) in [5.41, 5.74) is 1.56. The maximum Gasteiger partial charge on any atom is 0.305 e. The highest BCUT2D eigenvalue weighted by molar-refractivity contribution is 5.97. The first kappa shape index (κ1) is 36.8. The van der Waals surface area contributed by atoms with E-state index in [4.69, 9.17) is 0 Å². The maximum absolute atomic E-state index is 13.6. The first-order valence-corrected chi connectivity index (χ1v) is 15.6. The summed E-state index contributed by atoms with van der Waals surface area (Å²) < 4.78 is 0. The minimum Gasteiger partial charge on any atom is -0.481 e. The molecule has 1 aromatic carbocycles. The van der Waals surface area contributed by atoms with Gasteiger partial charge in [-0.25, -0.2) is 0 Å². The Bertz CT molecular complexity index is 1310. The molecule has 0 fully saturated rings. The average molecular weight is 630 g/mol. The summed E-state index contributed by atoms with van der Waals surface area (Å²) in [5.74, 6) is -5.73. The number of amides is 4. The third-order valence-corrected chi connectivity index (χ3v) is 7.21. The molecule has 0 saturated heterocycles. The van der Waals surface area contributed by atoms with E-state index < -0.39 is 60.6 Å². The number of carbonyl (C=O) groups excluding carboxylic acids is 4. The number of aromatic amines is 1. The first-order valence-electron chi connectivity index (χ1n) is 15.6. The van der Waals surface area contributed by atoms with Crippen molar-refractivity contribution >= 4 is 46.5 Å². The summed E-state index contributed by atoms with van der Waals surface area (Å²) in [6, 6.07) is 2.76. The van der Waals surface area contributed by atoms with Crippen LogP contribution < -0.4 is 21.3 Å². The fourth-order valence-electron chi connectivity index (χ4n) is 4.94. The van der Waals surface area contributed by atoms with Gasteiger partial charge in [0.2, 0.25) is 23.6 Å². The Hall–Kier alpha value is -4.42. The number of para-hydroxylation sites is 1. The van der Waals surface area contributed by atoms with E-state index in [2.05, 4.69) is 33.2 Å². The Kier molecular flexibility index (Phi) is 15.6. The lowest BCUT2D eigenvalue weighted by Gasteiger charge is -2.24. The molecule has 2 aromatic rings. The van der Waals surface area contributed by atoms with E-state index in [1.165, 1.54) is 6.42 Å². The van der Waals surface area contributed by atoms with Crippen molar-refractivity contribution in [2.75, 3.05) is 0 Å². The zero-order chi connectivity index (χ0) is 33.4. The molecule has 3 unspecified atom stereocenters. The molecule has 0 bridgehead atoms. The molecule has 0 radical (unpaired) electrons. The second-order valence-electron chi connectivity index (χ2n) is 11.5. The molecule has 0 saturated carbocycles. The number of carboxylic acid groups (broad SMARTS) is 2. The molecule has 0 aliphatic carbocycles. The van der Waals surface area contributed by atoms with Crippen LogP contribution in [0.4, 0.5) is 0 Å². The lowest BCUT2D eigenvalue weighted by molar-refractivity contribution is -0.143. The molecule has 248 valence electrons. The van der Waals surface area contributed by atoms with Gasteiger partial charge in [-0.1, -0.05) is 63.6 Å². The fourth-order valence-corrected chi connectivity index (χ4v) is 4.94. The van der Waals surface area contributed by atoms with Gasteiger partial charge in [-0.3, -0.25) is 28.8 Å². The fraction of sp³-hybridized carbons (Fsp3) is 0.562. The first-order chi connectivity index (χ1) is 21.4. The average Bonchev–Trinajstić information content (AvgIpc) is 3.37. The highest BCUT2D eigenvalue weighted by atomic mass is 16.4. The number of hydrogen-bond acceptors (Lipinski definition) is 6. The van der Waals surface area contributed by atoms with E-state index in [0.717, 1.165) is 48.6 Å². The number of aromatic nitrogens is 1. The van der Waals surface area contributed by atoms with Crippen molar-refractivity contribution in [3.63, 3.8) is 0 Å². The molecule has 45 heavy (non-hydrogen) atoms. The minimum absolute atomic E-state index is 0.0540. The van der Waals surface area contributed by atoms with Crippen LogP contribution in [0.2, 0.25) is 0 Å². The molecule has 7 N–H and O–H groups in total. The number of aliphatic carboxylic acids is 2. The number of hydrogen-bond donors (Lipinski definition) is 7. The van der Waals surface area contributed by atoms with Crippen LogP contribution in [-0.2, 0) is 35.2 Å². The van der Waals surface area contributed by atoms with E-state index in [9.17, 15) is 39.0 Å². The van der Waals surface area contributed by atoms with Gasteiger partial charge in [-0.2, -0.15) is 0 Å². The van der Waals surface area contributed by atoms with Crippen molar-refractivity contribution in [3.8, 4) is 0 Å². The molecule has 13 nitrogen and oxygen atoms in total. The van der Waals surface area contributed by atoms with E-state index in [-0.39, 0.29) is 24.8 Å². The Morgan fingerprint density at radius 2 is 1.24 bits per heavy atom. The van der Waals surface area contributed by atoms with Crippen LogP contribution in [0.3, 0.4) is 0 Å². The number of unbranched alkanes of at least 4 members (excludes halogenated alkanes) is 6. The molecule has 2 rings (SSSR count). The van der Waals surface area contributed by atoms with Crippen molar-refractivity contribution < 1.29 is 39.0 Å². The molecular weight excluding hydrogens is 582 g/mol. The van der Waals surface area contributed by atoms with Gasteiger partial charge in [0, 0.05) is 36.0 Å². The number of H-pyrrole nitrogens is 1. The lowest BCUT2D eigenvalue weighted by Crippen LogP contribution is -2.58. The molecule has 13 heteroatoms. The van der Waals surface area contributed by atoms with E-state index in [0.29, 0.717) is 6.42 Å². The summed E-state index contributed by atoms with van der Waals surface area (Å²) in [5, 5.41) is 29.5. The monoisotopic (exact) mass is 629 g/mol. The molecule has 3 atom stereocenters. The number of nitrogens with one attached hydrogen (secondary N) is 5. The minimum atomic E-state index is -1.65. The number of carbonyl (C=O) groups is 6. The van der Waals surface area contributed by atoms with Crippen LogP contribution in [0.25, 0.3) is 10.9 Å². The van der Waals surface area contributed by atoms with Gasteiger partial charge in [-0.05, 0) is 31.9 Å². The summed E-state index contributed by atoms with van der Waals surface area (Å²) in [4.78, 5) is 78.3. The normalized spacial score (nSPS) is 13.1. The Morgan fingerprint density at radius 3 is 1.82 bits per heavy atom. The van der Waals surface area contributed by atoms with Crippen LogP contribution in [-0.4, -0.2) is 74.9 Å². The summed E-state index contributed by atoms with van der Waals surface area (Å²) in [7, 11) is 0. The second kappa shape index (κ2) is 19.1. The predicted molar refractivity (Wildman–Crippen MR) is 168 cm³/mol. The Labute approximate surface area is 263 Å². The van der Waals surface area contributed by atoms with Crippen LogP contribution in [0.15, 0.2) is 30.5 Å². The molecule has 1 aromatic heterocycles. The van der Waals surface area contributed by atoms with Crippen molar-refractivity contribution in [3.05, 3.63) is 36.0 Å². The molecule has 0 aliphatic rings. The van der Waals surface area contributed by atoms with Crippen molar-refractivity contribution in [1.29, 1.82) is 0 Å². The van der Waals surface area contributed by atoms with Gasteiger partial charge in [0.25, 0.3) is 0 Å². The van der Waals surface area contributed by atoms with Gasteiger partial charge in [-0.15, -0.1) is 0 Å². The van der Waals surface area contributed by atoms with Gasteiger partial charge in [0.05, 0.1) is 12.8 Å². The van der Waals surface area contributed by atoms with Crippen LogP contribution in [0, 0.1) is 0 Å². The van der Waals surface area contributed by atoms with Gasteiger partial charge < -0.3 is 36.5 Å². The Morgan fingerprint density at radius 1 is 0.711 bits per heavy atom. The zero-order valence-electron chi connectivity index (χ0n) is 26.3. The molecular formula is C32H47N5O8. The summed E-state index contributed by atoms with van der Waals surface area (Å²) in [6.45, 7) is 5.45. The summed E-state index contributed by atoms with van der Waals surface area (Å²) >= 11 is 0. The SMILES string of the molecule is CCCCCCCCCC(=O)NC(Cc1c[nH]c2ccccc12)C(=O)NC(CC(=O)O)C(=O)NC(CC(=O)O)C(=O)NC(C)C. The summed E-state index contributed by atoms with van der Waals surface area (Å²) in [6.07, 6.45) is 7.49. The molecule has 1 heterocycles. The third-order valence-electron chi connectivity index (χ3n) is 7.21. The van der Waals surface area contributed by atoms with Gasteiger partial charge >= 0.3 is 11.9 Å². The number of fused-ring (bicyclic) bond motifs is 1. The highest BCUT2D eigenvalue weighted by Gasteiger charge is 2.32. The van der Waals surface area contributed by atoms with Gasteiger partial charge in [0.15, 0.2) is 0 Å². The Balaban J connectivity index is 2.21. The lowest BCUT2D eigenvalue weighted by atomic mass is 10.0. The van der Waals surface area contributed by atoms with Crippen LogP contribution in [0.1, 0.15) is 90.5 Å². The zero-order valence-corrected chi connectivity index (χ0v) is 26.3.